The minimum Gasteiger partial charge on any atom is -0.102 e. The Morgan fingerprint density at radius 3 is 2.20 bits per heavy atom. The van der Waals surface area contributed by atoms with Crippen LogP contribution < -0.4 is 0 Å². The van der Waals surface area contributed by atoms with Gasteiger partial charge in [-0.2, -0.15) is 0 Å². The molecule has 0 aromatic rings. The van der Waals surface area contributed by atoms with Crippen LogP contribution in [0.5, 0.6) is 0 Å². The van der Waals surface area contributed by atoms with Crippen molar-refractivity contribution < 1.29 is 0 Å². The molecule has 86 valence electrons. The van der Waals surface area contributed by atoms with Crippen LogP contribution in [0.3, 0.4) is 0 Å². The average molecular weight is 271 g/mol. The van der Waals surface area contributed by atoms with Crippen molar-refractivity contribution in [3.8, 4) is 11.8 Å². The van der Waals surface area contributed by atoms with Gasteiger partial charge in [0.1, 0.15) is 0 Å². The highest BCUT2D eigenvalue weighted by Crippen LogP contribution is 2.03. The van der Waals surface area contributed by atoms with E-state index in [0.717, 1.165) is 11.8 Å². The number of halogens is 1. The molecule has 0 heterocycles. The third-order valence-electron chi connectivity index (χ3n) is 2.26. The van der Waals surface area contributed by atoms with Crippen LogP contribution in [-0.4, -0.2) is 5.33 Å². The van der Waals surface area contributed by atoms with Crippen molar-refractivity contribution in [2.24, 2.45) is 0 Å². The van der Waals surface area contributed by atoms with E-state index in [1.807, 2.05) is 0 Å². The first-order valence-corrected chi connectivity index (χ1v) is 7.20. The van der Waals surface area contributed by atoms with Gasteiger partial charge in [-0.15, -0.1) is 5.92 Å². The second-order valence-electron chi connectivity index (χ2n) is 3.70. The smallest absolute Gasteiger partial charge is 0.0645 e. The molecule has 15 heavy (non-hydrogen) atoms. The molecule has 1 heteroatoms. The number of hydrogen-bond acceptors (Lipinski definition) is 0. The lowest BCUT2D eigenvalue weighted by molar-refractivity contribution is 0.724. The molecule has 0 unspecified atom stereocenters. The van der Waals surface area contributed by atoms with Crippen molar-refractivity contribution in [1.29, 1.82) is 0 Å². The van der Waals surface area contributed by atoms with E-state index in [4.69, 9.17) is 0 Å². The van der Waals surface area contributed by atoms with Crippen LogP contribution in [0.25, 0.3) is 0 Å². The highest BCUT2D eigenvalue weighted by Gasteiger charge is 1.84. The first kappa shape index (κ1) is 14.8. The number of unbranched alkanes of at least 4 members (excludes halogenated alkanes) is 6. The van der Waals surface area contributed by atoms with Crippen LogP contribution in [0.15, 0.2) is 12.2 Å². The van der Waals surface area contributed by atoms with E-state index < -0.39 is 0 Å². The maximum atomic E-state index is 3.29. The van der Waals surface area contributed by atoms with Crippen molar-refractivity contribution >= 4 is 15.9 Å². The summed E-state index contributed by atoms with van der Waals surface area (Å²) in [5.41, 5.74) is 0. The maximum Gasteiger partial charge on any atom is 0.0645 e. The second kappa shape index (κ2) is 13.8. The number of hydrogen-bond donors (Lipinski definition) is 0. The highest BCUT2D eigenvalue weighted by molar-refractivity contribution is 9.09. The average Bonchev–Trinajstić information content (AvgIpc) is 2.26. The lowest BCUT2D eigenvalue weighted by atomic mass is 10.1. The summed E-state index contributed by atoms with van der Waals surface area (Å²) in [4.78, 5) is 0. The van der Waals surface area contributed by atoms with Crippen LogP contribution in [0.2, 0.25) is 0 Å². The number of rotatable bonds is 8. The van der Waals surface area contributed by atoms with Crippen molar-refractivity contribution in [2.75, 3.05) is 5.33 Å². The summed E-state index contributed by atoms with van der Waals surface area (Å²) >= 11 is 3.29. The highest BCUT2D eigenvalue weighted by atomic mass is 79.9. The molecule has 0 rings (SSSR count). The monoisotopic (exact) mass is 270 g/mol. The Morgan fingerprint density at radius 1 is 0.933 bits per heavy atom. The summed E-state index contributed by atoms with van der Waals surface area (Å²) in [6.07, 6.45) is 14.7. The second-order valence-corrected chi connectivity index (χ2v) is 4.26. The first-order valence-electron chi connectivity index (χ1n) is 6.08. The molecule has 0 spiro atoms. The third-order valence-corrected chi connectivity index (χ3v) is 2.54. The molecular weight excluding hydrogens is 248 g/mol. The van der Waals surface area contributed by atoms with Crippen LogP contribution >= 0.6 is 15.9 Å². The molecule has 0 saturated carbocycles. The summed E-state index contributed by atoms with van der Waals surface area (Å²) in [7, 11) is 0. The molecule has 0 bridgehead atoms. The Balaban J connectivity index is 3.09. The van der Waals surface area contributed by atoms with E-state index in [2.05, 4.69) is 46.8 Å². The van der Waals surface area contributed by atoms with Gasteiger partial charge in [-0.25, -0.2) is 0 Å². The van der Waals surface area contributed by atoms with E-state index in [9.17, 15) is 0 Å². The summed E-state index contributed by atoms with van der Waals surface area (Å²) in [6.45, 7) is 2.25. The van der Waals surface area contributed by atoms with Gasteiger partial charge in [0.15, 0.2) is 0 Å². The molecule has 0 aliphatic heterocycles. The van der Waals surface area contributed by atoms with Gasteiger partial charge in [-0.05, 0) is 32.1 Å². The summed E-state index contributed by atoms with van der Waals surface area (Å²) in [5, 5.41) is 0.810. The van der Waals surface area contributed by atoms with Gasteiger partial charge in [-0.3, -0.25) is 0 Å². The van der Waals surface area contributed by atoms with Gasteiger partial charge < -0.3 is 0 Å². The van der Waals surface area contributed by atoms with Crippen LogP contribution in [0.1, 0.15) is 58.3 Å². The zero-order chi connectivity index (χ0) is 11.2. The lowest BCUT2D eigenvalue weighted by Crippen LogP contribution is -1.74. The minimum absolute atomic E-state index is 0.810. The molecule has 0 aliphatic rings. The molecule has 0 radical (unpaired) electrons. The minimum atomic E-state index is 0.810. The van der Waals surface area contributed by atoms with Crippen LogP contribution in [0.4, 0.5) is 0 Å². The third kappa shape index (κ3) is 13.8. The zero-order valence-electron chi connectivity index (χ0n) is 9.90. The van der Waals surface area contributed by atoms with E-state index >= 15 is 0 Å². The molecule has 0 N–H and O–H groups in total. The van der Waals surface area contributed by atoms with E-state index in [0.29, 0.717) is 0 Å². The van der Waals surface area contributed by atoms with E-state index in [1.54, 1.807) is 0 Å². The Kier molecular flexibility index (Phi) is 13.6. The van der Waals surface area contributed by atoms with Crippen molar-refractivity contribution in [3.05, 3.63) is 12.2 Å². The quantitative estimate of drug-likeness (QED) is 0.250. The molecule has 0 nitrogen and oxygen atoms in total. The van der Waals surface area contributed by atoms with Gasteiger partial charge in [0.05, 0.1) is 5.33 Å². The van der Waals surface area contributed by atoms with Crippen molar-refractivity contribution in [3.63, 3.8) is 0 Å². The van der Waals surface area contributed by atoms with Gasteiger partial charge in [0.25, 0.3) is 0 Å². The first-order chi connectivity index (χ1) is 7.41. The molecule has 0 amide bonds. The van der Waals surface area contributed by atoms with Gasteiger partial charge in [0.2, 0.25) is 0 Å². The molecule has 0 aliphatic carbocycles. The SMILES string of the molecule is CCCCCC=CCCCCC#CCBr. The fraction of sp³-hybridized carbons (Fsp3) is 0.714. The normalized spacial score (nSPS) is 10.3. The molecule has 0 atom stereocenters. The Morgan fingerprint density at radius 2 is 1.60 bits per heavy atom. The standard InChI is InChI=1S/C14H23Br/c1-2-3-4-5-6-7-8-9-10-11-12-13-14-15/h6-7H,2-5,8-11,14H2,1H3. The van der Waals surface area contributed by atoms with E-state index in [1.165, 1.54) is 44.9 Å². The summed E-state index contributed by atoms with van der Waals surface area (Å²) < 4.78 is 0. The van der Waals surface area contributed by atoms with Gasteiger partial charge >= 0.3 is 0 Å². The summed E-state index contributed by atoms with van der Waals surface area (Å²) in [6, 6.07) is 0. The molecule has 0 saturated heterocycles. The number of alkyl halides is 1. The molecule has 0 fully saturated rings. The fourth-order valence-electron chi connectivity index (χ4n) is 1.36. The predicted octanol–water partition coefficient (Wildman–Crippen LogP) is 5.08. The molecule has 0 aromatic heterocycles. The maximum absolute atomic E-state index is 3.29. The Labute approximate surface area is 104 Å². The van der Waals surface area contributed by atoms with Gasteiger partial charge in [0, 0.05) is 6.42 Å². The lowest BCUT2D eigenvalue weighted by Gasteiger charge is -1.93. The van der Waals surface area contributed by atoms with Gasteiger partial charge in [-0.1, -0.05) is 53.8 Å². The Bertz CT molecular complexity index is 195. The molecule has 0 aromatic carbocycles. The van der Waals surface area contributed by atoms with Crippen LogP contribution in [0, 0.1) is 11.8 Å². The number of allylic oxidation sites excluding steroid dienone is 2. The van der Waals surface area contributed by atoms with E-state index in [-0.39, 0.29) is 0 Å². The molecular formula is C14H23Br. The van der Waals surface area contributed by atoms with Crippen molar-refractivity contribution in [1.82, 2.24) is 0 Å². The zero-order valence-corrected chi connectivity index (χ0v) is 11.5. The largest absolute Gasteiger partial charge is 0.102 e. The fourth-order valence-corrected chi connectivity index (χ4v) is 1.56. The van der Waals surface area contributed by atoms with Crippen molar-refractivity contribution in [2.45, 2.75) is 58.3 Å². The predicted molar refractivity (Wildman–Crippen MR) is 73.3 cm³/mol. The van der Waals surface area contributed by atoms with Crippen LogP contribution in [-0.2, 0) is 0 Å². The Hall–Kier alpha value is -0.220. The topological polar surface area (TPSA) is 0 Å². The summed E-state index contributed by atoms with van der Waals surface area (Å²) in [5.74, 6) is 6.16.